The highest BCUT2D eigenvalue weighted by Crippen LogP contribution is 2.33. The summed E-state index contributed by atoms with van der Waals surface area (Å²) in [4.78, 5) is 11.8. The first kappa shape index (κ1) is 21.5. The Morgan fingerprint density at radius 1 is 1.33 bits per heavy atom. The molecular weight excluding hydrogens is 362 g/mol. The molecule has 7 N–H and O–H groups in total. The summed E-state index contributed by atoms with van der Waals surface area (Å²) in [5, 5.41) is 48.3. The van der Waals surface area contributed by atoms with Gasteiger partial charge in [-0.3, -0.25) is 0 Å². The van der Waals surface area contributed by atoms with Crippen molar-refractivity contribution in [1.82, 2.24) is 0 Å². The minimum absolute atomic E-state index is 0.172. The Hall–Kier alpha value is -1.79. The second-order valence-corrected chi connectivity index (χ2v) is 6.22. The van der Waals surface area contributed by atoms with E-state index < -0.39 is 49.2 Å². The lowest BCUT2D eigenvalue weighted by Crippen LogP contribution is -2.62. The number of hydrogen-bond acceptors (Lipinski definition) is 9. The molecule has 1 aliphatic rings. The molecule has 0 aliphatic carbocycles. The van der Waals surface area contributed by atoms with Crippen LogP contribution < -0.4 is 10.5 Å². The van der Waals surface area contributed by atoms with Crippen molar-refractivity contribution in [3.05, 3.63) is 29.8 Å². The fourth-order valence-corrected chi connectivity index (χ4v) is 2.71. The van der Waals surface area contributed by atoms with Gasteiger partial charge in [-0.15, -0.1) is 0 Å². The highest BCUT2D eigenvalue weighted by atomic mass is 16.7. The lowest BCUT2D eigenvalue weighted by atomic mass is 9.92. The molecule has 0 radical (unpaired) electrons. The van der Waals surface area contributed by atoms with E-state index in [1.807, 2.05) is 0 Å². The van der Waals surface area contributed by atoms with E-state index in [0.717, 1.165) is 0 Å². The lowest BCUT2D eigenvalue weighted by Gasteiger charge is -2.43. The van der Waals surface area contributed by atoms with Crippen molar-refractivity contribution in [2.45, 2.75) is 43.2 Å². The number of carboxylic acids is 1. The predicted octanol–water partition coefficient (Wildman–Crippen LogP) is -1.81. The summed E-state index contributed by atoms with van der Waals surface area (Å²) in [6, 6.07) is 6.66. The van der Waals surface area contributed by atoms with Crippen LogP contribution in [-0.4, -0.2) is 81.5 Å². The molecule has 1 heterocycles. The molecule has 27 heavy (non-hydrogen) atoms. The van der Waals surface area contributed by atoms with Gasteiger partial charge < -0.3 is 45.5 Å². The van der Waals surface area contributed by atoms with Crippen LogP contribution in [0.15, 0.2) is 24.3 Å². The molecule has 2 rings (SSSR count). The van der Waals surface area contributed by atoms with E-state index in [4.69, 9.17) is 25.1 Å². The molecule has 2 unspecified atom stereocenters. The van der Waals surface area contributed by atoms with Gasteiger partial charge in [-0.2, -0.15) is 0 Å². The van der Waals surface area contributed by atoms with Crippen molar-refractivity contribution in [2.24, 2.45) is 5.73 Å². The Labute approximate surface area is 155 Å². The Balaban J connectivity index is 2.11. The van der Waals surface area contributed by atoms with Gasteiger partial charge in [0.1, 0.15) is 30.7 Å². The number of aliphatic carboxylic acids is 1. The van der Waals surface area contributed by atoms with Crippen LogP contribution in [0, 0.1) is 0 Å². The highest BCUT2D eigenvalue weighted by Gasteiger charge is 2.54. The van der Waals surface area contributed by atoms with Gasteiger partial charge in [-0.25, -0.2) is 4.79 Å². The molecular formula is C17H25NO9. The Bertz CT molecular complexity index is 611. The van der Waals surface area contributed by atoms with Crippen LogP contribution in [0.2, 0.25) is 0 Å². The van der Waals surface area contributed by atoms with Crippen LogP contribution in [-0.2, 0) is 20.9 Å². The largest absolute Gasteiger partial charge is 0.492 e. The number of ether oxygens (including phenoxy) is 3. The van der Waals surface area contributed by atoms with Gasteiger partial charge in [-0.1, -0.05) is 12.1 Å². The van der Waals surface area contributed by atoms with Gasteiger partial charge in [0.05, 0.1) is 19.3 Å². The summed E-state index contributed by atoms with van der Waals surface area (Å²) in [5.41, 5.74) is 5.97. The zero-order valence-corrected chi connectivity index (χ0v) is 14.6. The molecule has 152 valence electrons. The molecule has 0 amide bonds. The van der Waals surface area contributed by atoms with E-state index in [2.05, 4.69) is 0 Å². The number of carbonyl (C=O) groups is 1. The van der Waals surface area contributed by atoms with Crippen molar-refractivity contribution in [1.29, 1.82) is 0 Å². The molecule has 0 spiro atoms. The molecule has 1 aromatic carbocycles. The van der Waals surface area contributed by atoms with E-state index >= 15 is 0 Å². The summed E-state index contributed by atoms with van der Waals surface area (Å²) in [6.07, 6.45) is -6.75. The van der Waals surface area contributed by atoms with E-state index in [9.17, 15) is 25.2 Å². The Morgan fingerprint density at radius 3 is 2.56 bits per heavy atom. The average molecular weight is 387 g/mol. The third-order valence-corrected chi connectivity index (χ3v) is 4.21. The number of aliphatic hydroxyl groups is 4. The average Bonchev–Trinajstić information content (AvgIpc) is 2.67. The molecule has 0 bridgehead atoms. The molecule has 1 fully saturated rings. The van der Waals surface area contributed by atoms with E-state index in [0.29, 0.717) is 24.5 Å². The monoisotopic (exact) mass is 387 g/mol. The van der Waals surface area contributed by atoms with Crippen LogP contribution >= 0.6 is 0 Å². The van der Waals surface area contributed by atoms with Crippen molar-refractivity contribution in [3.8, 4) is 5.75 Å². The van der Waals surface area contributed by atoms with Gasteiger partial charge >= 0.3 is 5.97 Å². The molecule has 5 atom stereocenters. The fraction of sp³-hybridized carbons (Fsp3) is 0.588. The highest BCUT2D eigenvalue weighted by molar-refractivity contribution is 5.76. The first-order valence-electron chi connectivity index (χ1n) is 8.45. The molecule has 0 aromatic heterocycles. The van der Waals surface area contributed by atoms with E-state index in [1.165, 1.54) is 0 Å². The molecule has 10 heteroatoms. The van der Waals surface area contributed by atoms with Gasteiger partial charge in [0.2, 0.25) is 0 Å². The SMILES string of the molecule is NCCOc1ccc(CO[C@]2(C(=O)O)CC(O)[C@@H](O)C([C@H](O)CO)O2)cc1. The summed E-state index contributed by atoms with van der Waals surface area (Å²) in [7, 11) is 0. The van der Waals surface area contributed by atoms with Crippen LogP contribution in [0.3, 0.4) is 0 Å². The summed E-state index contributed by atoms with van der Waals surface area (Å²) in [5.74, 6) is -3.21. The fourth-order valence-electron chi connectivity index (χ4n) is 2.71. The van der Waals surface area contributed by atoms with Crippen molar-refractivity contribution in [2.75, 3.05) is 19.8 Å². The minimum atomic E-state index is -2.28. The molecule has 1 aliphatic heterocycles. The van der Waals surface area contributed by atoms with Crippen LogP contribution in [0.5, 0.6) is 5.75 Å². The first-order valence-corrected chi connectivity index (χ1v) is 8.45. The quantitative estimate of drug-likeness (QED) is 0.283. The zero-order valence-electron chi connectivity index (χ0n) is 14.6. The van der Waals surface area contributed by atoms with Crippen molar-refractivity contribution < 1.29 is 44.5 Å². The zero-order chi connectivity index (χ0) is 20.0. The lowest BCUT2D eigenvalue weighted by molar-refractivity contribution is -0.326. The maximum absolute atomic E-state index is 11.8. The summed E-state index contributed by atoms with van der Waals surface area (Å²) in [6.45, 7) is -0.221. The first-order chi connectivity index (χ1) is 12.8. The van der Waals surface area contributed by atoms with Crippen LogP contribution in [0.1, 0.15) is 12.0 Å². The predicted molar refractivity (Wildman–Crippen MR) is 90.7 cm³/mol. The van der Waals surface area contributed by atoms with E-state index in [-0.39, 0.29) is 6.61 Å². The van der Waals surface area contributed by atoms with Crippen LogP contribution in [0.4, 0.5) is 0 Å². The molecule has 1 aromatic rings. The van der Waals surface area contributed by atoms with Gasteiger partial charge in [0, 0.05) is 13.0 Å². The number of benzene rings is 1. The van der Waals surface area contributed by atoms with Gasteiger partial charge in [0.15, 0.2) is 0 Å². The summed E-state index contributed by atoms with van der Waals surface area (Å²) < 4.78 is 16.1. The third kappa shape index (κ3) is 5.14. The number of hydrogen-bond donors (Lipinski definition) is 6. The Morgan fingerprint density at radius 2 is 2.00 bits per heavy atom. The minimum Gasteiger partial charge on any atom is -0.492 e. The van der Waals surface area contributed by atoms with Crippen molar-refractivity contribution >= 4 is 5.97 Å². The summed E-state index contributed by atoms with van der Waals surface area (Å²) >= 11 is 0. The third-order valence-electron chi connectivity index (χ3n) is 4.21. The van der Waals surface area contributed by atoms with Gasteiger partial charge in [-0.05, 0) is 17.7 Å². The normalized spacial score (nSPS) is 29.3. The second kappa shape index (κ2) is 9.42. The standard InChI is InChI=1S/C17H25NO9/c18-5-6-25-11-3-1-10(2-4-11)9-26-17(16(23)24)7-12(20)14(22)15(27-17)13(21)8-19/h1-4,12-15,19-22H,5-9,18H2,(H,23,24)/t12?,13-,14-,15?,17-/m1/s1. The maximum atomic E-state index is 11.8. The van der Waals surface area contributed by atoms with Gasteiger partial charge in [0.25, 0.3) is 5.79 Å². The number of carboxylic acid groups (broad SMARTS) is 1. The molecule has 1 saturated heterocycles. The second-order valence-electron chi connectivity index (χ2n) is 6.22. The Kier molecular flexibility index (Phi) is 7.50. The number of rotatable bonds is 9. The molecule has 0 saturated carbocycles. The number of aliphatic hydroxyl groups excluding tert-OH is 4. The number of nitrogens with two attached hydrogens (primary N) is 1. The maximum Gasteiger partial charge on any atom is 0.364 e. The van der Waals surface area contributed by atoms with E-state index in [1.54, 1.807) is 24.3 Å². The van der Waals surface area contributed by atoms with Crippen molar-refractivity contribution in [3.63, 3.8) is 0 Å². The smallest absolute Gasteiger partial charge is 0.364 e. The molecule has 10 nitrogen and oxygen atoms in total. The van der Waals surface area contributed by atoms with Crippen LogP contribution in [0.25, 0.3) is 0 Å². The topological polar surface area (TPSA) is 172 Å².